The number of fused-ring (bicyclic) bond motifs is 1. The highest BCUT2D eigenvalue weighted by Gasteiger charge is 2.25. The number of hydrogen-bond acceptors (Lipinski definition) is 4. The highest BCUT2D eigenvalue weighted by molar-refractivity contribution is 6.05. The van der Waals surface area contributed by atoms with Crippen molar-refractivity contribution in [2.24, 2.45) is 5.73 Å². The van der Waals surface area contributed by atoms with Crippen molar-refractivity contribution in [3.63, 3.8) is 0 Å². The van der Waals surface area contributed by atoms with Crippen molar-refractivity contribution in [3.8, 4) is 0 Å². The summed E-state index contributed by atoms with van der Waals surface area (Å²) < 4.78 is 5.50. The predicted molar refractivity (Wildman–Crippen MR) is 76.4 cm³/mol. The minimum absolute atomic E-state index is 0.00366. The van der Waals surface area contributed by atoms with Crippen molar-refractivity contribution >= 4 is 16.8 Å². The molecule has 1 saturated heterocycles. The Bertz CT molecular complexity index is 624. The second-order valence-electron chi connectivity index (χ2n) is 4.86. The van der Waals surface area contributed by atoms with Crippen molar-refractivity contribution in [1.29, 1.82) is 0 Å². The summed E-state index contributed by atoms with van der Waals surface area (Å²) >= 11 is 0. The Morgan fingerprint density at radius 2 is 2.25 bits per heavy atom. The number of hydrogen-bond donors (Lipinski definition) is 1. The number of amides is 1. The topological polar surface area (TPSA) is 68.5 Å². The van der Waals surface area contributed by atoms with Crippen molar-refractivity contribution < 1.29 is 9.53 Å². The average molecular weight is 271 g/mol. The first-order valence-electron chi connectivity index (χ1n) is 6.74. The Labute approximate surface area is 117 Å². The van der Waals surface area contributed by atoms with Crippen LogP contribution in [-0.4, -0.2) is 48.1 Å². The standard InChI is InChI=1S/C15H17N3O2/c16-9-12-10-18(7-8-20-12)15(19)13-5-1-3-11-4-2-6-17-14(11)13/h1-6,12H,7-10,16H2. The Morgan fingerprint density at radius 3 is 3.10 bits per heavy atom. The van der Waals surface area contributed by atoms with E-state index in [9.17, 15) is 4.79 Å². The summed E-state index contributed by atoms with van der Waals surface area (Å²) in [6.07, 6.45) is 1.64. The van der Waals surface area contributed by atoms with Gasteiger partial charge in [-0.2, -0.15) is 0 Å². The monoisotopic (exact) mass is 271 g/mol. The number of carbonyl (C=O) groups is 1. The number of carbonyl (C=O) groups excluding carboxylic acids is 1. The lowest BCUT2D eigenvalue weighted by atomic mass is 10.1. The van der Waals surface area contributed by atoms with Crippen LogP contribution >= 0.6 is 0 Å². The molecule has 0 radical (unpaired) electrons. The van der Waals surface area contributed by atoms with E-state index < -0.39 is 0 Å². The quantitative estimate of drug-likeness (QED) is 0.886. The number of rotatable bonds is 2. The van der Waals surface area contributed by atoms with E-state index in [0.29, 0.717) is 31.8 Å². The summed E-state index contributed by atoms with van der Waals surface area (Å²) in [6.45, 7) is 2.10. The van der Waals surface area contributed by atoms with Crippen LogP contribution in [0.1, 0.15) is 10.4 Å². The van der Waals surface area contributed by atoms with Crippen molar-refractivity contribution in [2.45, 2.75) is 6.10 Å². The molecular formula is C15H17N3O2. The first kappa shape index (κ1) is 13.0. The largest absolute Gasteiger partial charge is 0.373 e. The van der Waals surface area contributed by atoms with E-state index in [1.54, 1.807) is 11.1 Å². The number of ether oxygens (including phenoxy) is 1. The molecule has 0 bridgehead atoms. The molecule has 5 nitrogen and oxygen atoms in total. The zero-order chi connectivity index (χ0) is 13.9. The number of nitrogens with zero attached hydrogens (tertiary/aromatic N) is 2. The number of nitrogens with two attached hydrogens (primary N) is 1. The van der Waals surface area contributed by atoms with Gasteiger partial charge in [-0.15, -0.1) is 0 Å². The van der Waals surface area contributed by atoms with Gasteiger partial charge in [0.05, 0.1) is 23.8 Å². The van der Waals surface area contributed by atoms with Gasteiger partial charge < -0.3 is 15.4 Å². The molecule has 1 unspecified atom stereocenters. The maximum Gasteiger partial charge on any atom is 0.256 e. The summed E-state index contributed by atoms with van der Waals surface area (Å²) in [7, 11) is 0. The normalized spacial score (nSPS) is 19.2. The van der Waals surface area contributed by atoms with E-state index in [4.69, 9.17) is 10.5 Å². The lowest BCUT2D eigenvalue weighted by Gasteiger charge is -2.32. The molecule has 2 aromatic rings. The molecule has 104 valence electrons. The predicted octanol–water partition coefficient (Wildman–Crippen LogP) is 1.03. The molecular weight excluding hydrogens is 254 g/mol. The van der Waals surface area contributed by atoms with E-state index in [0.717, 1.165) is 10.9 Å². The molecule has 2 N–H and O–H groups in total. The van der Waals surface area contributed by atoms with Crippen LogP contribution in [0.2, 0.25) is 0 Å². The van der Waals surface area contributed by atoms with Crippen molar-refractivity contribution in [2.75, 3.05) is 26.2 Å². The first-order chi connectivity index (χ1) is 9.79. The van der Waals surface area contributed by atoms with E-state index >= 15 is 0 Å². The zero-order valence-electron chi connectivity index (χ0n) is 11.2. The third-order valence-corrected chi connectivity index (χ3v) is 3.55. The lowest BCUT2D eigenvalue weighted by molar-refractivity contribution is -0.0166. The van der Waals surface area contributed by atoms with E-state index in [1.165, 1.54) is 0 Å². The van der Waals surface area contributed by atoms with E-state index in [2.05, 4.69) is 4.98 Å². The maximum absolute atomic E-state index is 12.7. The fourth-order valence-electron chi connectivity index (χ4n) is 2.49. The number of morpholine rings is 1. The van der Waals surface area contributed by atoms with Gasteiger partial charge in [-0.3, -0.25) is 9.78 Å². The van der Waals surface area contributed by atoms with Crippen LogP contribution < -0.4 is 5.73 Å². The van der Waals surface area contributed by atoms with Gasteiger partial charge in [0.25, 0.3) is 5.91 Å². The average Bonchev–Trinajstić information content (AvgIpc) is 2.53. The number of pyridine rings is 1. The van der Waals surface area contributed by atoms with Crippen molar-refractivity contribution in [3.05, 3.63) is 42.1 Å². The summed E-state index contributed by atoms with van der Waals surface area (Å²) in [4.78, 5) is 18.8. The molecule has 0 saturated carbocycles. The van der Waals surface area contributed by atoms with Gasteiger partial charge >= 0.3 is 0 Å². The summed E-state index contributed by atoms with van der Waals surface area (Å²) in [5.41, 5.74) is 7.01. The minimum atomic E-state index is -0.0735. The fraction of sp³-hybridized carbons (Fsp3) is 0.333. The third kappa shape index (κ3) is 2.37. The van der Waals surface area contributed by atoms with E-state index in [-0.39, 0.29) is 12.0 Å². The Kier molecular flexibility index (Phi) is 3.62. The van der Waals surface area contributed by atoms with Gasteiger partial charge in [0.2, 0.25) is 0 Å². The minimum Gasteiger partial charge on any atom is -0.373 e. The van der Waals surface area contributed by atoms with Crippen LogP contribution in [0.15, 0.2) is 36.5 Å². The van der Waals surface area contributed by atoms with Gasteiger partial charge in [0.15, 0.2) is 0 Å². The second kappa shape index (κ2) is 5.56. The summed E-state index contributed by atoms with van der Waals surface area (Å²) in [5, 5.41) is 0.974. The molecule has 1 aromatic carbocycles. The maximum atomic E-state index is 12.7. The van der Waals surface area contributed by atoms with Gasteiger partial charge in [0.1, 0.15) is 0 Å². The van der Waals surface area contributed by atoms with Gasteiger partial charge in [-0.25, -0.2) is 0 Å². The molecule has 0 spiro atoms. The SMILES string of the molecule is NCC1CN(C(=O)c2cccc3cccnc23)CCO1. The first-order valence-corrected chi connectivity index (χ1v) is 6.74. The number of benzene rings is 1. The van der Waals surface area contributed by atoms with Crippen LogP contribution in [0.25, 0.3) is 10.9 Å². The van der Waals surface area contributed by atoms with Gasteiger partial charge in [-0.1, -0.05) is 18.2 Å². The lowest BCUT2D eigenvalue weighted by Crippen LogP contribution is -2.48. The molecule has 0 aliphatic carbocycles. The third-order valence-electron chi connectivity index (χ3n) is 3.55. The second-order valence-corrected chi connectivity index (χ2v) is 4.86. The zero-order valence-corrected chi connectivity index (χ0v) is 11.2. The van der Waals surface area contributed by atoms with Crippen LogP contribution in [-0.2, 0) is 4.74 Å². The fourth-order valence-corrected chi connectivity index (χ4v) is 2.49. The van der Waals surface area contributed by atoms with Crippen LogP contribution in [0.5, 0.6) is 0 Å². The van der Waals surface area contributed by atoms with Crippen LogP contribution in [0.3, 0.4) is 0 Å². The molecule has 1 aromatic heterocycles. The molecule has 1 aliphatic rings. The van der Waals surface area contributed by atoms with Crippen LogP contribution in [0.4, 0.5) is 0 Å². The molecule has 2 heterocycles. The van der Waals surface area contributed by atoms with Crippen molar-refractivity contribution in [1.82, 2.24) is 9.88 Å². The summed E-state index contributed by atoms with van der Waals surface area (Å²) in [6, 6.07) is 9.50. The Morgan fingerprint density at radius 1 is 1.40 bits per heavy atom. The van der Waals surface area contributed by atoms with E-state index in [1.807, 2.05) is 30.3 Å². The molecule has 1 atom stereocenters. The molecule has 5 heteroatoms. The van der Waals surface area contributed by atoms with Gasteiger partial charge in [-0.05, 0) is 12.1 Å². The molecule has 1 fully saturated rings. The molecule has 1 amide bonds. The Hall–Kier alpha value is -1.98. The van der Waals surface area contributed by atoms with Gasteiger partial charge in [0, 0.05) is 31.2 Å². The molecule has 3 rings (SSSR count). The molecule has 20 heavy (non-hydrogen) atoms. The molecule has 1 aliphatic heterocycles. The summed E-state index contributed by atoms with van der Waals surface area (Å²) in [5.74, 6) is -0.00366. The van der Waals surface area contributed by atoms with Crippen LogP contribution in [0, 0.1) is 0 Å². The highest BCUT2D eigenvalue weighted by atomic mass is 16.5. The number of para-hydroxylation sites is 1. The Balaban J connectivity index is 1.92. The smallest absolute Gasteiger partial charge is 0.256 e. The highest BCUT2D eigenvalue weighted by Crippen LogP contribution is 2.19. The number of aromatic nitrogens is 1.